The van der Waals surface area contributed by atoms with Gasteiger partial charge < -0.3 is 4.90 Å². The highest BCUT2D eigenvalue weighted by molar-refractivity contribution is 5.92. The zero-order valence-corrected chi connectivity index (χ0v) is 12.4. The maximum atomic E-state index is 12.5. The Morgan fingerprint density at radius 2 is 2.24 bits per heavy atom. The molecule has 2 aromatic rings. The quantitative estimate of drug-likeness (QED) is 0.859. The summed E-state index contributed by atoms with van der Waals surface area (Å²) in [6, 6.07) is 2.24. The van der Waals surface area contributed by atoms with E-state index in [1.54, 1.807) is 12.4 Å². The molecule has 1 amide bonds. The number of aromatic nitrogens is 4. The summed E-state index contributed by atoms with van der Waals surface area (Å²) in [6.45, 7) is 5.55. The fourth-order valence-electron chi connectivity index (χ4n) is 2.91. The van der Waals surface area contributed by atoms with Crippen LogP contribution in [0.4, 0.5) is 0 Å². The van der Waals surface area contributed by atoms with Crippen molar-refractivity contribution in [1.82, 2.24) is 24.6 Å². The smallest absolute Gasteiger partial charge is 0.274 e. The van der Waals surface area contributed by atoms with Gasteiger partial charge in [0.15, 0.2) is 0 Å². The molecule has 1 saturated heterocycles. The average molecular weight is 285 g/mol. The van der Waals surface area contributed by atoms with Crippen molar-refractivity contribution in [3.8, 4) is 0 Å². The Morgan fingerprint density at radius 3 is 2.90 bits per heavy atom. The van der Waals surface area contributed by atoms with Gasteiger partial charge in [-0.25, -0.2) is 4.98 Å². The molecule has 3 heterocycles. The van der Waals surface area contributed by atoms with Gasteiger partial charge in [0.05, 0.1) is 24.5 Å². The highest BCUT2D eigenvalue weighted by atomic mass is 16.2. The molecular weight excluding hydrogens is 266 g/mol. The minimum atomic E-state index is -0.0351. The maximum Gasteiger partial charge on any atom is 0.274 e. The Labute approximate surface area is 123 Å². The molecule has 6 nitrogen and oxygen atoms in total. The first-order valence-corrected chi connectivity index (χ1v) is 7.23. The normalized spacial score (nSPS) is 18.2. The third-order valence-electron chi connectivity index (χ3n) is 3.91. The molecule has 110 valence electrons. The fraction of sp³-hybridized carbons (Fsp3) is 0.467. The first kappa shape index (κ1) is 13.7. The second kappa shape index (κ2) is 5.63. The Bertz CT molecular complexity index is 637. The number of amides is 1. The second-order valence-corrected chi connectivity index (χ2v) is 5.49. The van der Waals surface area contributed by atoms with Gasteiger partial charge in [-0.2, -0.15) is 5.10 Å². The Hall–Kier alpha value is -2.24. The lowest BCUT2D eigenvalue weighted by atomic mass is 10.2. The average Bonchev–Trinajstić information content (AvgIpc) is 3.06. The largest absolute Gasteiger partial charge is 0.332 e. The molecule has 0 radical (unpaired) electrons. The molecule has 0 aromatic carbocycles. The highest BCUT2D eigenvalue weighted by Crippen LogP contribution is 2.21. The first-order valence-electron chi connectivity index (χ1n) is 7.23. The number of carbonyl (C=O) groups is 1. The molecule has 0 saturated carbocycles. The summed E-state index contributed by atoms with van der Waals surface area (Å²) < 4.78 is 1.99. The predicted molar refractivity (Wildman–Crippen MR) is 77.8 cm³/mol. The number of rotatable bonds is 3. The van der Waals surface area contributed by atoms with Crippen LogP contribution in [0.2, 0.25) is 0 Å². The van der Waals surface area contributed by atoms with Gasteiger partial charge in [0, 0.05) is 24.6 Å². The van der Waals surface area contributed by atoms with Gasteiger partial charge in [-0.3, -0.25) is 14.5 Å². The van der Waals surface area contributed by atoms with Crippen molar-refractivity contribution in [2.45, 2.75) is 39.3 Å². The van der Waals surface area contributed by atoms with E-state index in [1.165, 1.54) is 6.20 Å². The van der Waals surface area contributed by atoms with Crippen LogP contribution in [0.5, 0.6) is 0 Å². The van der Waals surface area contributed by atoms with E-state index in [-0.39, 0.29) is 11.9 Å². The summed E-state index contributed by atoms with van der Waals surface area (Å²) in [5.41, 5.74) is 2.56. The summed E-state index contributed by atoms with van der Waals surface area (Å²) in [7, 11) is 0. The zero-order valence-electron chi connectivity index (χ0n) is 12.4. The first-order chi connectivity index (χ1) is 10.1. The van der Waals surface area contributed by atoms with Crippen LogP contribution in [0, 0.1) is 13.8 Å². The Balaban J connectivity index is 1.77. The van der Waals surface area contributed by atoms with Crippen LogP contribution in [0.25, 0.3) is 0 Å². The molecule has 1 aliphatic rings. The van der Waals surface area contributed by atoms with Crippen LogP contribution >= 0.6 is 0 Å². The van der Waals surface area contributed by atoms with Crippen molar-refractivity contribution in [3.05, 3.63) is 41.7 Å². The van der Waals surface area contributed by atoms with Gasteiger partial charge >= 0.3 is 0 Å². The van der Waals surface area contributed by atoms with Crippen molar-refractivity contribution in [2.75, 3.05) is 6.54 Å². The van der Waals surface area contributed by atoms with Crippen molar-refractivity contribution in [3.63, 3.8) is 0 Å². The molecule has 0 unspecified atom stereocenters. The number of hydrogen-bond acceptors (Lipinski definition) is 4. The third kappa shape index (κ3) is 2.79. The van der Waals surface area contributed by atoms with Crippen molar-refractivity contribution >= 4 is 5.91 Å². The van der Waals surface area contributed by atoms with Crippen LogP contribution in [0.15, 0.2) is 24.7 Å². The standard InChI is InChI=1S/C15H19N5O/c1-11-8-12(2)20(18-11)10-13-4-3-7-19(13)15(21)14-9-16-5-6-17-14/h5-6,8-9,13H,3-4,7,10H2,1-2H3/t13-/m1/s1. The summed E-state index contributed by atoms with van der Waals surface area (Å²) in [5, 5.41) is 4.49. The lowest BCUT2D eigenvalue weighted by molar-refractivity contribution is 0.0714. The molecule has 6 heteroatoms. The topological polar surface area (TPSA) is 63.9 Å². The second-order valence-electron chi connectivity index (χ2n) is 5.49. The van der Waals surface area contributed by atoms with E-state index in [0.29, 0.717) is 5.69 Å². The van der Waals surface area contributed by atoms with Gasteiger partial charge in [-0.15, -0.1) is 0 Å². The molecule has 0 N–H and O–H groups in total. The predicted octanol–water partition coefficient (Wildman–Crippen LogP) is 1.59. The summed E-state index contributed by atoms with van der Waals surface area (Å²) in [5.74, 6) is -0.0351. The molecule has 0 bridgehead atoms. The lowest BCUT2D eigenvalue weighted by Crippen LogP contribution is -2.38. The molecule has 3 rings (SSSR count). The van der Waals surface area contributed by atoms with Crippen molar-refractivity contribution < 1.29 is 4.79 Å². The van der Waals surface area contributed by atoms with Crippen molar-refractivity contribution in [1.29, 1.82) is 0 Å². The lowest BCUT2D eigenvalue weighted by Gasteiger charge is -2.24. The van der Waals surface area contributed by atoms with Crippen LogP contribution in [-0.4, -0.2) is 43.1 Å². The molecule has 1 atom stereocenters. The fourth-order valence-corrected chi connectivity index (χ4v) is 2.91. The third-order valence-corrected chi connectivity index (χ3v) is 3.91. The maximum absolute atomic E-state index is 12.5. The number of likely N-dealkylation sites (tertiary alicyclic amines) is 1. The minimum absolute atomic E-state index is 0.0351. The van der Waals surface area contributed by atoms with E-state index in [1.807, 2.05) is 23.4 Å². The highest BCUT2D eigenvalue weighted by Gasteiger charge is 2.30. The number of carbonyl (C=O) groups excluding carboxylic acids is 1. The molecule has 0 aliphatic carbocycles. The molecule has 1 fully saturated rings. The van der Waals surface area contributed by atoms with E-state index < -0.39 is 0 Å². The summed E-state index contributed by atoms with van der Waals surface area (Å²) >= 11 is 0. The summed E-state index contributed by atoms with van der Waals surface area (Å²) in [6.07, 6.45) is 6.69. The van der Waals surface area contributed by atoms with Crippen LogP contribution in [0.3, 0.4) is 0 Å². The van der Waals surface area contributed by atoms with Crippen LogP contribution in [-0.2, 0) is 6.54 Å². The van der Waals surface area contributed by atoms with Gasteiger partial charge in [0.2, 0.25) is 0 Å². The van der Waals surface area contributed by atoms with E-state index in [4.69, 9.17) is 0 Å². The molecule has 0 spiro atoms. The van der Waals surface area contributed by atoms with Crippen molar-refractivity contribution in [2.24, 2.45) is 0 Å². The van der Waals surface area contributed by atoms with Crippen LogP contribution < -0.4 is 0 Å². The molecular formula is C15H19N5O. The number of hydrogen-bond donors (Lipinski definition) is 0. The summed E-state index contributed by atoms with van der Waals surface area (Å²) in [4.78, 5) is 22.5. The minimum Gasteiger partial charge on any atom is -0.332 e. The van der Waals surface area contributed by atoms with Gasteiger partial charge in [0.1, 0.15) is 5.69 Å². The SMILES string of the molecule is Cc1cc(C)n(C[C@H]2CCCN2C(=O)c2cnccn2)n1. The van der Waals surface area contributed by atoms with E-state index >= 15 is 0 Å². The molecule has 1 aliphatic heterocycles. The van der Waals surface area contributed by atoms with Crippen LogP contribution in [0.1, 0.15) is 34.7 Å². The Kier molecular flexibility index (Phi) is 3.68. The van der Waals surface area contributed by atoms with Gasteiger partial charge in [-0.1, -0.05) is 0 Å². The monoisotopic (exact) mass is 285 g/mol. The van der Waals surface area contributed by atoms with Gasteiger partial charge in [-0.05, 0) is 32.8 Å². The Morgan fingerprint density at radius 1 is 1.38 bits per heavy atom. The van der Waals surface area contributed by atoms with E-state index in [0.717, 1.165) is 37.3 Å². The number of aryl methyl sites for hydroxylation is 2. The van der Waals surface area contributed by atoms with E-state index in [2.05, 4.69) is 21.1 Å². The molecule has 2 aromatic heterocycles. The zero-order chi connectivity index (χ0) is 14.8. The number of nitrogens with zero attached hydrogens (tertiary/aromatic N) is 5. The molecule has 21 heavy (non-hydrogen) atoms. The van der Waals surface area contributed by atoms with E-state index in [9.17, 15) is 4.79 Å². The van der Waals surface area contributed by atoms with Gasteiger partial charge in [0.25, 0.3) is 5.91 Å².